The molecule has 1 atom stereocenters. The first-order valence-electron chi connectivity index (χ1n) is 8.64. The predicted molar refractivity (Wildman–Crippen MR) is 94.8 cm³/mol. The van der Waals surface area contributed by atoms with Crippen LogP contribution in [0.15, 0.2) is 35.4 Å². The first kappa shape index (κ1) is 17.6. The number of hydrogen-bond donors (Lipinski definition) is 1. The van der Waals surface area contributed by atoms with Crippen LogP contribution in [0.3, 0.4) is 0 Å². The zero-order valence-electron chi connectivity index (χ0n) is 14.6. The lowest BCUT2D eigenvalue weighted by atomic mass is 10.0. The fourth-order valence-electron chi connectivity index (χ4n) is 3.17. The summed E-state index contributed by atoms with van der Waals surface area (Å²) in [4.78, 5) is 31.5. The van der Waals surface area contributed by atoms with Crippen LogP contribution in [0, 0.1) is 5.92 Å². The Labute approximate surface area is 146 Å². The van der Waals surface area contributed by atoms with Gasteiger partial charge in [0.2, 0.25) is 0 Å². The lowest BCUT2D eigenvalue weighted by Crippen LogP contribution is -2.51. The van der Waals surface area contributed by atoms with Crippen molar-refractivity contribution in [2.24, 2.45) is 5.92 Å². The SMILES string of the molecule is CC(C)C(CNC(=O)c1cnc2ccccn2c1=O)N1CCOCC1. The van der Waals surface area contributed by atoms with Crippen molar-refractivity contribution in [2.75, 3.05) is 32.8 Å². The fourth-order valence-corrected chi connectivity index (χ4v) is 3.17. The van der Waals surface area contributed by atoms with Crippen molar-refractivity contribution in [2.45, 2.75) is 19.9 Å². The summed E-state index contributed by atoms with van der Waals surface area (Å²) in [6.07, 6.45) is 2.97. The molecule has 7 heteroatoms. The predicted octanol–water partition coefficient (Wildman–Crippen LogP) is 0.781. The summed E-state index contributed by atoms with van der Waals surface area (Å²) in [5.41, 5.74) is 0.237. The summed E-state index contributed by atoms with van der Waals surface area (Å²) in [7, 11) is 0. The minimum absolute atomic E-state index is 0.0631. The number of rotatable bonds is 5. The van der Waals surface area contributed by atoms with Crippen LogP contribution >= 0.6 is 0 Å². The molecule has 0 spiro atoms. The van der Waals surface area contributed by atoms with Crippen LogP contribution in [0.4, 0.5) is 0 Å². The number of carbonyl (C=O) groups excluding carboxylic acids is 1. The van der Waals surface area contributed by atoms with E-state index >= 15 is 0 Å². The van der Waals surface area contributed by atoms with Crippen molar-refractivity contribution in [1.29, 1.82) is 0 Å². The molecule has 0 saturated carbocycles. The molecule has 1 N–H and O–H groups in total. The van der Waals surface area contributed by atoms with Crippen LogP contribution in [-0.4, -0.2) is 59.1 Å². The Bertz CT molecular complexity index is 796. The van der Waals surface area contributed by atoms with Crippen molar-refractivity contribution in [1.82, 2.24) is 19.6 Å². The maximum absolute atomic E-state index is 12.5. The number of morpholine rings is 1. The standard InChI is InChI=1S/C18H24N4O3/c1-13(2)15(21-7-9-25-10-8-21)12-20-17(23)14-11-19-16-5-3-4-6-22(16)18(14)24/h3-6,11,13,15H,7-10,12H2,1-2H3,(H,20,23). The molecule has 0 bridgehead atoms. The number of aromatic nitrogens is 2. The van der Waals surface area contributed by atoms with E-state index in [1.165, 1.54) is 10.6 Å². The zero-order chi connectivity index (χ0) is 17.8. The third-order valence-electron chi connectivity index (χ3n) is 4.61. The Morgan fingerprint density at radius 3 is 2.80 bits per heavy atom. The number of ether oxygens (including phenoxy) is 1. The normalized spacial score (nSPS) is 16.9. The van der Waals surface area contributed by atoms with Gasteiger partial charge >= 0.3 is 0 Å². The number of pyridine rings is 1. The molecule has 1 unspecified atom stereocenters. The van der Waals surface area contributed by atoms with Gasteiger partial charge < -0.3 is 10.1 Å². The lowest BCUT2D eigenvalue weighted by molar-refractivity contribution is 0.00672. The summed E-state index contributed by atoms with van der Waals surface area (Å²) in [6, 6.07) is 5.49. The zero-order valence-corrected chi connectivity index (χ0v) is 14.6. The molecule has 1 amide bonds. The van der Waals surface area contributed by atoms with E-state index in [1.54, 1.807) is 24.4 Å². The summed E-state index contributed by atoms with van der Waals surface area (Å²) in [5.74, 6) is 0.00360. The molecule has 1 fully saturated rings. The molecular formula is C18H24N4O3. The molecule has 2 aromatic heterocycles. The van der Waals surface area contributed by atoms with Crippen LogP contribution in [0.2, 0.25) is 0 Å². The van der Waals surface area contributed by atoms with E-state index in [4.69, 9.17) is 4.74 Å². The number of fused-ring (bicyclic) bond motifs is 1. The second-order valence-electron chi connectivity index (χ2n) is 6.58. The second kappa shape index (κ2) is 7.76. The van der Waals surface area contributed by atoms with Gasteiger partial charge in [0.15, 0.2) is 0 Å². The van der Waals surface area contributed by atoms with Crippen molar-refractivity contribution >= 4 is 11.6 Å². The monoisotopic (exact) mass is 344 g/mol. The maximum Gasteiger partial charge on any atom is 0.270 e. The smallest absolute Gasteiger partial charge is 0.270 e. The molecule has 25 heavy (non-hydrogen) atoms. The largest absolute Gasteiger partial charge is 0.379 e. The van der Waals surface area contributed by atoms with Crippen molar-refractivity contribution < 1.29 is 9.53 Å². The quantitative estimate of drug-likeness (QED) is 0.868. The Balaban J connectivity index is 1.73. The first-order valence-corrected chi connectivity index (χ1v) is 8.64. The van der Waals surface area contributed by atoms with Crippen LogP contribution in [-0.2, 0) is 4.74 Å². The highest BCUT2D eigenvalue weighted by atomic mass is 16.5. The van der Waals surface area contributed by atoms with Gasteiger partial charge in [-0.3, -0.25) is 18.9 Å². The highest BCUT2D eigenvalue weighted by Gasteiger charge is 2.25. The van der Waals surface area contributed by atoms with Gasteiger partial charge in [-0.2, -0.15) is 0 Å². The molecule has 3 heterocycles. The minimum atomic E-state index is -0.380. The summed E-state index contributed by atoms with van der Waals surface area (Å²) < 4.78 is 6.79. The number of amides is 1. The average Bonchev–Trinajstić information content (AvgIpc) is 2.63. The van der Waals surface area contributed by atoms with Gasteiger partial charge in [-0.15, -0.1) is 0 Å². The van der Waals surface area contributed by atoms with E-state index in [1.807, 2.05) is 0 Å². The lowest BCUT2D eigenvalue weighted by Gasteiger charge is -2.36. The summed E-state index contributed by atoms with van der Waals surface area (Å²) in [6.45, 7) is 7.92. The van der Waals surface area contributed by atoms with Gasteiger partial charge in [0.1, 0.15) is 11.2 Å². The highest BCUT2D eigenvalue weighted by Crippen LogP contribution is 2.12. The third kappa shape index (κ3) is 3.88. The van der Waals surface area contributed by atoms with E-state index in [-0.39, 0.29) is 23.1 Å². The average molecular weight is 344 g/mol. The van der Waals surface area contributed by atoms with Gasteiger partial charge in [-0.1, -0.05) is 19.9 Å². The Morgan fingerprint density at radius 1 is 1.32 bits per heavy atom. The van der Waals surface area contributed by atoms with Gasteiger partial charge in [0.25, 0.3) is 11.5 Å². The highest BCUT2D eigenvalue weighted by molar-refractivity contribution is 5.93. The molecular weight excluding hydrogens is 320 g/mol. The molecule has 1 aliphatic rings. The Kier molecular flexibility index (Phi) is 5.45. The summed E-state index contributed by atoms with van der Waals surface area (Å²) in [5, 5.41) is 2.91. The molecule has 7 nitrogen and oxygen atoms in total. The molecule has 1 saturated heterocycles. The van der Waals surface area contributed by atoms with Crippen LogP contribution in [0.1, 0.15) is 24.2 Å². The van der Waals surface area contributed by atoms with Crippen LogP contribution in [0.25, 0.3) is 5.65 Å². The number of carbonyl (C=O) groups is 1. The molecule has 0 aromatic carbocycles. The maximum atomic E-state index is 12.5. The molecule has 0 aliphatic carbocycles. The van der Waals surface area contributed by atoms with Gasteiger partial charge in [-0.25, -0.2) is 4.98 Å². The van der Waals surface area contributed by atoms with Gasteiger partial charge in [0, 0.05) is 38.1 Å². The third-order valence-corrected chi connectivity index (χ3v) is 4.61. The molecule has 3 rings (SSSR count). The number of nitrogens with zero attached hydrogens (tertiary/aromatic N) is 3. The number of hydrogen-bond acceptors (Lipinski definition) is 5. The van der Waals surface area contributed by atoms with Crippen LogP contribution < -0.4 is 10.9 Å². The molecule has 134 valence electrons. The van der Waals surface area contributed by atoms with Crippen molar-refractivity contribution in [3.63, 3.8) is 0 Å². The van der Waals surface area contributed by atoms with E-state index in [0.29, 0.717) is 31.3 Å². The van der Waals surface area contributed by atoms with Gasteiger partial charge in [0.05, 0.1) is 13.2 Å². The first-order chi connectivity index (χ1) is 12.1. The van der Waals surface area contributed by atoms with E-state index in [2.05, 4.69) is 29.0 Å². The Hall–Kier alpha value is -2.25. The van der Waals surface area contributed by atoms with Gasteiger partial charge in [-0.05, 0) is 18.1 Å². The second-order valence-corrected chi connectivity index (χ2v) is 6.58. The summed E-state index contributed by atoms with van der Waals surface area (Å²) >= 11 is 0. The molecule has 2 aromatic rings. The van der Waals surface area contributed by atoms with E-state index in [9.17, 15) is 9.59 Å². The molecule has 1 aliphatic heterocycles. The van der Waals surface area contributed by atoms with Crippen LogP contribution in [0.5, 0.6) is 0 Å². The van der Waals surface area contributed by atoms with Crippen molar-refractivity contribution in [3.8, 4) is 0 Å². The Morgan fingerprint density at radius 2 is 2.08 bits per heavy atom. The van der Waals surface area contributed by atoms with E-state index in [0.717, 1.165) is 13.1 Å². The van der Waals surface area contributed by atoms with E-state index < -0.39 is 0 Å². The fraction of sp³-hybridized carbons (Fsp3) is 0.500. The van der Waals surface area contributed by atoms with Crippen molar-refractivity contribution in [3.05, 3.63) is 46.5 Å². The number of nitrogens with one attached hydrogen (secondary N) is 1. The topological polar surface area (TPSA) is 75.9 Å². The molecule has 0 radical (unpaired) electrons. The minimum Gasteiger partial charge on any atom is -0.379 e.